The molecule has 3 aromatic carbocycles. The van der Waals surface area contributed by atoms with Crippen LogP contribution >= 0.6 is 0 Å². The molecule has 0 bridgehead atoms. The number of rotatable bonds is 11. The molecular weight excluding hydrogens is 522 g/mol. The average Bonchev–Trinajstić information content (AvgIpc) is 3.00. The Hall–Kier alpha value is -3.53. The van der Waals surface area contributed by atoms with E-state index < -0.39 is 10.0 Å². The molecule has 1 atom stereocenters. The summed E-state index contributed by atoms with van der Waals surface area (Å²) < 4.78 is 33.9. The first-order valence-corrected chi connectivity index (χ1v) is 15.4. The van der Waals surface area contributed by atoms with Gasteiger partial charge < -0.3 is 10.1 Å². The minimum Gasteiger partial charge on any atom is -0.494 e. The number of nitrogens with one attached hydrogen (secondary N) is 1. The average molecular weight is 560 g/mol. The highest BCUT2D eigenvalue weighted by Crippen LogP contribution is 2.27. The number of nitrogens with zero attached hydrogens (tertiary/aromatic N) is 4. The van der Waals surface area contributed by atoms with Crippen molar-refractivity contribution in [2.75, 3.05) is 38.1 Å². The van der Waals surface area contributed by atoms with Crippen molar-refractivity contribution in [3.8, 4) is 5.75 Å². The maximum atomic E-state index is 13.3. The third kappa shape index (κ3) is 6.43. The Morgan fingerprint density at radius 3 is 2.33 bits per heavy atom. The number of sulfonamides is 1. The summed E-state index contributed by atoms with van der Waals surface area (Å²) in [5.74, 6) is 2.22. The summed E-state index contributed by atoms with van der Waals surface area (Å²) >= 11 is 0. The van der Waals surface area contributed by atoms with Crippen LogP contribution in [0.2, 0.25) is 0 Å². The van der Waals surface area contributed by atoms with Crippen molar-refractivity contribution in [3.05, 3.63) is 90.3 Å². The van der Waals surface area contributed by atoms with Crippen molar-refractivity contribution in [2.24, 2.45) is 0 Å². The predicted molar refractivity (Wildman–Crippen MR) is 159 cm³/mol. The Bertz CT molecular complexity index is 1510. The van der Waals surface area contributed by atoms with Gasteiger partial charge in [0.25, 0.3) is 0 Å². The minimum atomic E-state index is -3.58. The number of ether oxygens (including phenoxy) is 1. The fourth-order valence-corrected chi connectivity index (χ4v) is 6.31. The van der Waals surface area contributed by atoms with E-state index in [1.807, 2.05) is 42.5 Å². The van der Waals surface area contributed by atoms with Crippen molar-refractivity contribution in [1.29, 1.82) is 0 Å². The van der Waals surface area contributed by atoms with E-state index in [2.05, 4.69) is 36.2 Å². The predicted octanol–water partition coefficient (Wildman–Crippen LogP) is 5.49. The van der Waals surface area contributed by atoms with Gasteiger partial charge in [-0.1, -0.05) is 55.8 Å². The lowest BCUT2D eigenvalue weighted by Gasteiger charge is -2.36. The number of para-hydroxylation sites is 1. The smallest absolute Gasteiger partial charge is 0.243 e. The Morgan fingerprint density at radius 2 is 1.60 bits per heavy atom. The fourth-order valence-electron chi connectivity index (χ4n) is 4.88. The van der Waals surface area contributed by atoms with E-state index in [9.17, 15) is 8.42 Å². The van der Waals surface area contributed by atoms with Gasteiger partial charge in [0.2, 0.25) is 10.0 Å². The molecule has 1 aromatic heterocycles. The first-order valence-electron chi connectivity index (χ1n) is 14.0. The third-order valence-corrected chi connectivity index (χ3v) is 9.26. The van der Waals surface area contributed by atoms with Gasteiger partial charge in [0, 0.05) is 38.1 Å². The molecule has 0 saturated carbocycles. The summed E-state index contributed by atoms with van der Waals surface area (Å²) in [6, 6.07) is 24.9. The number of hydrogen-bond acceptors (Lipinski definition) is 7. The van der Waals surface area contributed by atoms with Gasteiger partial charge in [-0.05, 0) is 55.3 Å². The topological polar surface area (TPSA) is 87.7 Å². The van der Waals surface area contributed by atoms with Crippen molar-refractivity contribution in [3.63, 3.8) is 0 Å². The monoisotopic (exact) mass is 559 g/mol. The van der Waals surface area contributed by atoms with Crippen LogP contribution < -0.4 is 10.1 Å². The van der Waals surface area contributed by atoms with Gasteiger partial charge in [0.15, 0.2) is 0 Å². The quantitative estimate of drug-likeness (QED) is 0.243. The molecule has 1 aliphatic heterocycles. The molecule has 1 saturated heterocycles. The number of hydrogen-bond donors (Lipinski definition) is 1. The van der Waals surface area contributed by atoms with Gasteiger partial charge in [-0.3, -0.25) is 4.90 Å². The van der Waals surface area contributed by atoms with Crippen molar-refractivity contribution >= 4 is 26.7 Å². The largest absolute Gasteiger partial charge is 0.494 e. The first-order chi connectivity index (χ1) is 19.5. The molecule has 0 radical (unpaired) electrons. The zero-order chi connectivity index (χ0) is 28.0. The summed E-state index contributed by atoms with van der Waals surface area (Å²) in [6.45, 7) is 7.51. The fraction of sp³-hybridized carbons (Fsp3) is 0.355. The molecule has 2 heterocycles. The highest BCUT2D eigenvalue weighted by Gasteiger charge is 2.31. The highest BCUT2D eigenvalue weighted by molar-refractivity contribution is 7.89. The summed E-state index contributed by atoms with van der Waals surface area (Å²) in [5, 5.41) is 4.48. The Kier molecular flexibility index (Phi) is 8.94. The van der Waals surface area contributed by atoms with Gasteiger partial charge in [-0.25, -0.2) is 18.4 Å². The molecule has 1 N–H and O–H groups in total. The number of unbranched alkanes of at least 4 members (excludes halogenated alkanes) is 1. The minimum absolute atomic E-state index is 0.0636. The van der Waals surface area contributed by atoms with E-state index >= 15 is 0 Å². The molecule has 0 spiro atoms. The van der Waals surface area contributed by atoms with Crippen LogP contribution in [-0.2, 0) is 16.6 Å². The van der Waals surface area contributed by atoms with Crippen LogP contribution in [0.4, 0.5) is 5.82 Å². The van der Waals surface area contributed by atoms with Gasteiger partial charge in [-0.15, -0.1) is 0 Å². The lowest BCUT2D eigenvalue weighted by Crippen LogP contribution is -2.49. The summed E-state index contributed by atoms with van der Waals surface area (Å²) in [4.78, 5) is 12.4. The number of piperazine rings is 1. The van der Waals surface area contributed by atoms with Crippen molar-refractivity contribution < 1.29 is 13.2 Å². The van der Waals surface area contributed by atoms with Gasteiger partial charge in [-0.2, -0.15) is 4.31 Å². The van der Waals surface area contributed by atoms with Crippen LogP contribution in [-0.4, -0.2) is 60.4 Å². The molecule has 4 aromatic rings. The molecule has 210 valence electrons. The SMILES string of the molecule is CCCCOc1ccc(S(=O)(=O)N2CCN([C@@H](C)c3nc(NCc4ccccc4)c4ccccc4n3)CC2)cc1. The molecule has 0 unspecified atom stereocenters. The first kappa shape index (κ1) is 28.0. The Balaban J connectivity index is 1.26. The van der Waals surface area contributed by atoms with Crippen LogP contribution in [0.5, 0.6) is 5.75 Å². The lowest BCUT2D eigenvalue weighted by atomic mass is 10.2. The number of fused-ring (bicyclic) bond motifs is 1. The Labute approximate surface area is 237 Å². The normalized spacial score (nSPS) is 15.7. The van der Waals surface area contributed by atoms with Crippen LogP contribution in [0, 0.1) is 0 Å². The van der Waals surface area contributed by atoms with Crippen LogP contribution in [0.25, 0.3) is 10.9 Å². The second kappa shape index (κ2) is 12.8. The standard InChI is InChI=1S/C31H37N5O3S/c1-3-4-22-39-26-14-16-27(17-15-26)40(37,38)36-20-18-35(19-21-36)24(2)30-33-29-13-9-8-12-28(29)31(34-30)32-23-25-10-6-5-7-11-25/h5-17,24H,3-4,18-23H2,1-2H3,(H,32,33,34)/t24-/m0/s1. The van der Waals surface area contributed by atoms with Crippen LogP contribution in [0.15, 0.2) is 83.8 Å². The second-order valence-electron chi connectivity index (χ2n) is 10.1. The van der Waals surface area contributed by atoms with Crippen LogP contribution in [0.3, 0.4) is 0 Å². The molecule has 9 heteroatoms. The zero-order valence-corrected chi connectivity index (χ0v) is 24.0. The van der Waals surface area contributed by atoms with Gasteiger partial charge in [0.1, 0.15) is 17.4 Å². The van der Waals surface area contributed by atoms with E-state index in [-0.39, 0.29) is 6.04 Å². The maximum Gasteiger partial charge on any atom is 0.243 e. The van der Waals surface area contributed by atoms with E-state index in [0.717, 1.165) is 35.4 Å². The highest BCUT2D eigenvalue weighted by atomic mass is 32.2. The molecule has 1 fully saturated rings. The summed E-state index contributed by atoms with van der Waals surface area (Å²) in [5.41, 5.74) is 2.06. The molecule has 0 amide bonds. The van der Waals surface area contributed by atoms with Crippen LogP contribution in [0.1, 0.15) is 44.1 Å². The Morgan fingerprint density at radius 1 is 0.900 bits per heavy atom. The molecule has 40 heavy (non-hydrogen) atoms. The lowest BCUT2D eigenvalue weighted by molar-refractivity contribution is 0.141. The molecule has 0 aliphatic carbocycles. The van der Waals surface area contributed by atoms with Crippen molar-refractivity contribution in [1.82, 2.24) is 19.2 Å². The van der Waals surface area contributed by atoms with Crippen molar-refractivity contribution in [2.45, 2.75) is 44.2 Å². The van der Waals surface area contributed by atoms with Gasteiger partial charge >= 0.3 is 0 Å². The summed E-state index contributed by atoms with van der Waals surface area (Å²) in [7, 11) is -3.58. The molecular formula is C31H37N5O3S. The van der Waals surface area contributed by atoms with E-state index in [1.54, 1.807) is 28.6 Å². The number of aromatic nitrogens is 2. The maximum absolute atomic E-state index is 13.3. The molecule has 5 rings (SSSR count). The van der Waals surface area contributed by atoms with Gasteiger partial charge in [0.05, 0.1) is 23.1 Å². The number of benzene rings is 3. The third-order valence-electron chi connectivity index (χ3n) is 7.35. The van der Waals surface area contributed by atoms with E-state index in [0.29, 0.717) is 50.0 Å². The number of anilines is 1. The summed E-state index contributed by atoms with van der Waals surface area (Å²) in [6.07, 6.45) is 2.02. The molecule has 1 aliphatic rings. The van der Waals surface area contributed by atoms with E-state index in [1.165, 1.54) is 5.56 Å². The molecule has 8 nitrogen and oxygen atoms in total. The van der Waals surface area contributed by atoms with E-state index in [4.69, 9.17) is 14.7 Å². The zero-order valence-electron chi connectivity index (χ0n) is 23.2. The second-order valence-corrected chi connectivity index (χ2v) is 12.0.